The minimum Gasteiger partial charge on any atom is -0.365 e. The molecule has 3 nitrogen and oxygen atoms in total. The van der Waals surface area contributed by atoms with E-state index in [2.05, 4.69) is 17.5 Å². The number of allylic oxidation sites excluding steroid dienone is 1. The minimum atomic E-state index is -0.594. The van der Waals surface area contributed by atoms with Crippen molar-refractivity contribution >= 4 is 5.91 Å². The van der Waals surface area contributed by atoms with E-state index in [1.807, 2.05) is 6.92 Å². The van der Waals surface area contributed by atoms with Crippen LogP contribution in [-0.4, -0.2) is 24.2 Å². The van der Waals surface area contributed by atoms with Gasteiger partial charge in [0.1, 0.15) is 5.60 Å². The van der Waals surface area contributed by atoms with Gasteiger partial charge in [-0.25, -0.2) is 0 Å². The van der Waals surface area contributed by atoms with Gasteiger partial charge in [-0.1, -0.05) is 12.2 Å². The zero-order valence-electron chi connectivity index (χ0n) is 10.00. The lowest BCUT2D eigenvalue weighted by Gasteiger charge is -2.33. The van der Waals surface area contributed by atoms with Gasteiger partial charge in [0.05, 0.1) is 0 Å². The summed E-state index contributed by atoms with van der Waals surface area (Å²) in [5.74, 6) is 0.0590. The smallest absolute Gasteiger partial charge is 0.252 e. The van der Waals surface area contributed by atoms with Crippen LogP contribution < -0.4 is 5.32 Å². The van der Waals surface area contributed by atoms with E-state index in [4.69, 9.17) is 4.74 Å². The fourth-order valence-corrected chi connectivity index (χ4v) is 2.37. The molecule has 0 saturated carbocycles. The number of amides is 1. The maximum Gasteiger partial charge on any atom is 0.252 e. The summed E-state index contributed by atoms with van der Waals surface area (Å²) in [5, 5.41) is 3.08. The van der Waals surface area contributed by atoms with E-state index < -0.39 is 5.60 Å². The first-order valence-corrected chi connectivity index (χ1v) is 6.32. The number of nitrogens with one attached hydrogen (secondary N) is 1. The van der Waals surface area contributed by atoms with Gasteiger partial charge >= 0.3 is 0 Å². The third-order valence-electron chi connectivity index (χ3n) is 3.52. The van der Waals surface area contributed by atoms with E-state index in [0.717, 1.165) is 32.1 Å². The van der Waals surface area contributed by atoms with Gasteiger partial charge in [-0.2, -0.15) is 0 Å². The largest absolute Gasteiger partial charge is 0.365 e. The molecule has 0 spiro atoms. The topological polar surface area (TPSA) is 38.3 Å². The van der Waals surface area contributed by atoms with E-state index in [1.54, 1.807) is 0 Å². The standard InChI is InChI=1S/C13H21NO2/c1-13(9-5-6-10-16-13)12(15)14-11-7-3-2-4-8-11/h3,7,11H,2,4-6,8-10H2,1H3,(H,14,15). The van der Waals surface area contributed by atoms with Crippen molar-refractivity contribution in [2.45, 2.75) is 57.1 Å². The number of rotatable bonds is 2. The van der Waals surface area contributed by atoms with Crippen LogP contribution in [0.25, 0.3) is 0 Å². The molecule has 0 aromatic heterocycles. The van der Waals surface area contributed by atoms with Gasteiger partial charge in [0, 0.05) is 12.6 Å². The van der Waals surface area contributed by atoms with Gasteiger partial charge in [0.15, 0.2) is 0 Å². The minimum absolute atomic E-state index is 0.0590. The summed E-state index contributed by atoms with van der Waals surface area (Å²) in [4.78, 5) is 12.1. The van der Waals surface area contributed by atoms with Crippen LogP contribution in [0.3, 0.4) is 0 Å². The van der Waals surface area contributed by atoms with Gasteiger partial charge in [-0.05, 0) is 45.4 Å². The van der Waals surface area contributed by atoms with E-state index in [-0.39, 0.29) is 11.9 Å². The van der Waals surface area contributed by atoms with Crippen LogP contribution in [0.2, 0.25) is 0 Å². The zero-order valence-corrected chi connectivity index (χ0v) is 10.00. The summed E-state index contributed by atoms with van der Waals surface area (Å²) in [6.45, 7) is 2.62. The number of hydrogen-bond donors (Lipinski definition) is 1. The SMILES string of the molecule is CC1(C(=O)NC2C=CCCC2)CCCCO1. The fourth-order valence-electron chi connectivity index (χ4n) is 2.37. The van der Waals surface area contributed by atoms with Crippen LogP contribution >= 0.6 is 0 Å². The Labute approximate surface area is 97.2 Å². The molecule has 16 heavy (non-hydrogen) atoms. The molecule has 0 aromatic rings. The monoisotopic (exact) mass is 223 g/mol. The van der Waals surface area contributed by atoms with Gasteiger partial charge in [-0.3, -0.25) is 4.79 Å². The Hall–Kier alpha value is -0.830. The predicted molar refractivity (Wildman–Crippen MR) is 63.1 cm³/mol. The molecular formula is C13H21NO2. The first kappa shape index (κ1) is 11.6. The average Bonchev–Trinajstić information content (AvgIpc) is 2.31. The van der Waals surface area contributed by atoms with Crippen molar-refractivity contribution < 1.29 is 9.53 Å². The van der Waals surface area contributed by atoms with Crippen LogP contribution in [0, 0.1) is 0 Å². The van der Waals surface area contributed by atoms with Crippen molar-refractivity contribution in [1.29, 1.82) is 0 Å². The third kappa shape index (κ3) is 2.64. The number of hydrogen-bond acceptors (Lipinski definition) is 2. The van der Waals surface area contributed by atoms with Crippen molar-refractivity contribution in [1.82, 2.24) is 5.32 Å². The highest BCUT2D eigenvalue weighted by molar-refractivity contribution is 5.85. The molecular weight excluding hydrogens is 202 g/mol. The number of carbonyl (C=O) groups excluding carboxylic acids is 1. The van der Waals surface area contributed by atoms with Gasteiger partial charge in [0.25, 0.3) is 5.91 Å². The van der Waals surface area contributed by atoms with Crippen molar-refractivity contribution in [3.8, 4) is 0 Å². The number of carbonyl (C=O) groups is 1. The van der Waals surface area contributed by atoms with Crippen molar-refractivity contribution in [3.63, 3.8) is 0 Å². The second kappa shape index (κ2) is 5.00. The maximum absolute atomic E-state index is 12.1. The van der Waals surface area contributed by atoms with Crippen molar-refractivity contribution in [3.05, 3.63) is 12.2 Å². The van der Waals surface area contributed by atoms with Gasteiger partial charge in [-0.15, -0.1) is 0 Å². The normalized spacial score (nSPS) is 34.7. The lowest BCUT2D eigenvalue weighted by molar-refractivity contribution is -0.151. The summed E-state index contributed by atoms with van der Waals surface area (Å²) >= 11 is 0. The fraction of sp³-hybridized carbons (Fsp3) is 0.769. The Balaban J connectivity index is 1.90. The lowest BCUT2D eigenvalue weighted by atomic mass is 9.94. The van der Waals surface area contributed by atoms with E-state index in [1.165, 1.54) is 6.42 Å². The molecule has 2 atom stereocenters. The van der Waals surface area contributed by atoms with Crippen LogP contribution in [0.5, 0.6) is 0 Å². The Morgan fingerprint density at radius 2 is 2.31 bits per heavy atom. The highest BCUT2D eigenvalue weighted by Gasteiger charge is 2.36. The summed E-state index contributed by atoms with van der Waals surface area (Å²) in [6, 6.07) is 0.212. The van der Waals surface area contributed by atoms with Crippen LogP contribution in [0.4, 0.5) is 0 Å². The average molecular weight is 223 g/mol. The van der Waals surface area contributed by atoms with E-state index >= 15 is 0 Å². The molecule has 1 N–H and O–H groups in total. The molecule has 2 aliphatic rings. The van der Waals surface area contributed by atoms with Crippen LogP contribution in [-0.2, 0) is 9.53 Å². The Morgan fingerprint density at radius 1 is 1.44 bits per heavy atom. The molecule has 0 aromatic carbocycles. The molecule has 1 amide bonds. The zero-order chi connectivity index (χ0) is 11.4. The van der Waals surface area contributed by atoms with E-state index in [0.29, 0.717) is 6.61 Å². The molecule has 1 aliphatic carbocycles. The molecule has 1 saturated heterocycles. The molecule has 1 heterocycles. The third-order valence-corrected chi connectivity index (χ3v) is 3.52. The second-order valence-corrected chi connectivity index (χ2v) is 4.98. The molecule has 0 radical (unpaired) electrons. The summed E-state index contributed by atoms with van der Waals surface area (Å²) < 4.78 is 5.63. The van der Waals surface area contributed by atoms with Crippen LogP contribution in [0.15, 0.2) is 12.2 Å². The molecule has 0 bridgehead atoms. The Kier molecular flexibility index (Phi) is 3.64. The molecule has 3 heteroatoms. The van der Waals surface area contributed by atoms with Crippen molar-refractivity contribution in [2.24, 2.45) is 0 Å². The summed E-state index contributed by atoms with van der Waals surface area (Å²) in [6.07, 6.45) is 10.6. The first-order valence-electron chi connectivity index (χ1n) is 6.32. The molecule has 1 fully saturated rings. The number of ether oxygens (including phenoxy) is 1. The molecule has 1 aliphatic heterocycles. The molecule has 2 unspecified atom stereocenters. The Morgan fingerprint density at radius 3 is 2.94 bits per heavy atom. The van der Waals surface area contributed by atoms with Crippen molar-refractivity contribution in [2.75, 3.05) is 6.61 Å². The lowest BCUT2D eigenvalue weighted by Crippen LogP contribution is -2.51. The molecule has 2 rings (SSSR count). The predicted octanol–water partition coefficient (Wildman–Crippen LogP) is 2.17. The van der Waals surface area contributed by atoms with Gasteiger partial charge in [0.2, 0.25) is 0 Å². The van der Waals surface area contributed by atoms with Crippen LogP contribution in [0.1, 0.15) is 45.4 Å². The second-order valence-electron chi connectivity index (χ2n) is 4.98. The quantitative estimate of drug-likeness (QED) is 0.729. The maximum atomic E-state index is 12.1. The Bertz CT molecular complexity index is 280. The first-order chi connectivity index (χ1) is 7.71. The highest BCUT2D eigenvalue weighted by Crippen LogP contribution is 2.25. The van der Waals surface area contributed by atoms with Gasteiger partial charge < -0.3 is 10.1 Å². The molecule has 90 valence electrons. The van der Waals surface area contributed by atoms with E-state index in [9.17, 15) is 4.79 Å². The highest BCUT2D eigenvalue weighted by atomic mass is 16.5. The summed E-state index contributed by atoms with van der Waals surface area (Å²) in [5.41, 5.74) is -0.594. The summed E-state index contributed by atoms with van der Waals surface area (Å²) in [7, 11) is 0.